The lowest BCUT2D eigenvalue weighted by Crippen LogP contribution is -2.48. The fourth-order valence-corrected chi connectivity index (χ4v) is 5.01. The van der Waals surface area contributed by atoms with Gasteiger partial charge in [-0.3, -0.25) is 4.90 Å². The fraction of sp³-hybridized carbons (Fsp3) is 0.350. The molecule has 27 heavy (non-hydrogen) atoms. The molecule has 6 nitrogen and oxygen atoms in total. The molecular formula is C20H24N4O2S. The Morgan fingerprint density at radius 1 is 1.00 bits per heavy atom. The molecule has 0 radical (unpaired) electrons. The van der Waals surface area contributed by atoms with E-state index in [2.05, 4.69) is 34.6 Å². The number of rotatable bonds is 4. The molecule has 0 atom stereocenters. The normalized spacial score (nSPS) is 16.8. The van der Waals surface area contributed by atoms with Gasteiger partial charge in [0.05, 0.1) is 22.5 Å². The summed E-state index contributed by atoms with van der Waals surface area (Å²) in [6, 6.07) is 15.0. The van der Waals surface area contributed by atoms with E-state index < -0.39 is 10.0 Å². The molecule has 0 N–H and O–H groups in total. The van der Waals surface area contributed by atoms with Crippen LogP contribution in [0.2, 0.25) is 0 Å². The molecule has 2 aromatic carbocycles. The maximum Gasteiger partial charge on any atom is 0.243 e. The summed E-state index contributed by atoms with van der Waals surface area (Å²) < 4.78 is 29.2. The van der Waals surface area contributed by atoms with Gasteiger partial charge in [-0.15, -0.1) is 0 Å². The number of benzene rings is 2. The first kappa shape index (κ1) is 18.2. The van der Waals surface area contributed by atoms with Gasteiger partial charge < -0.3 is 4.57 Å². The maximum atomic E-state index is 12.7. The monoisotopic (exact) mass is 384 g/mol. The van der Waals surface area contributed by atoms with E-state index in [1.807, 2.05) is 13.1 Å². The lowest BCUT2D eigenvalue weighted by atomic mass is 10.2. The Hall–Kier alpha value is -2.22. The van der Waals surface area contributed by atoms with Gasteiger partial charge in [0.2, 0.25) is 10.0 Å². The number of fused-ring (bicyclic) bond motifs is 1. The molecule has 142 valence electrons. The Morgan fingerprint density at radius 3 is 2.41 bits per heavy atom. The van der Waals surface area contributed by atoms with E-state index in [0.717, 1.165) is 23.4 Å². The van der Waals surface area contributed by atoms with Crippen molar-refractivity contribution in [3.05, 3.63) is 59.9 Å². The first-order valence-corrected chi connectivity index (χ1v) is 10.6. The highest BCUT2D eigenvalue weighted by molar-refractivity contribution is 7.89. The van der Waals surface area contributed by atoms with Crippen LogP contribution in [-0.4, -0.2) is 53.4 Å². The minimum Gasteiger partial charge on any atom is -0.330 e. The van der Waals surface area contributed by atoms with E-state index in [0.29, 0.717) is 31.1 Å². The summed E-state index contributed by atoms with van der Waals surface area (Å²) in [4.78, 5) is 7.41. The number of imidazole rings is 1. The molecule has 0 saturated carbocycles. The molecule has 7 heteroatoms. The summed E-state index contributed by atoms with van der Waals surface area (Å²) >= 11 is 0. The number of hydrogen-bond acceptors (Lipinski definition) is 4. The maximum absolute atomic E-state index is 12.7. The van der Waals surface area contributed by atoms with Crippen LogP contribution in [0.15, 0.2) is 53.4 Å². The number of piperazine rings is 1. The summed E-state index contributed by atoms with van der Waals surface area (Å²) in [6.45, 7) is 5.20. The van der Waals surface area contributed by atoms with Crippen molar-refractivity contribution in [1.29, 1.82) is 0 Å². The van der Waals surface area contributed by atoms with Crippen LogP contribution in [0.3, 0.4) is 0 Å². The van der Waals surface area contributed by atoms with Gasteiger partial charge in [0.1, 0.15) is 5.82 Å². The van der Waals surface area contributed by atoms with Crippen molar-refractivity contribution in [3.8, 4) is 0 Å². The fourth-order valence-electron chi connectivity index (χ4n) is 3.57. The van der Waals surface area contributed by atoms with Crippen molar-refractivity contribution in [2.45, 2.75) is 18.4 Å². The van der Waals surface area contributed by atoms with E-state index in [4.69, 9.17) is 4.98 Å². The molecule has 0 amide bonds. The van der Waals surface area contributed by atoms with Crippen LogP contribution in [0.25, 0.3) is 11.0 Å². The highest BCUT2D eigenvalue weighted by atomic mass is 32.2. The highest BCUT2D eigenvalue weighted by Gasteiger charge is 2.28. The van der Waals surface area contributed by atoms with Crippen molar-refractivity contribution in [2.75, 3.05) is 26.2 Å². The number of aryl methyl sites for hydroxylation is 2. The summed E-state index contributed by atoms with van der Waals surface area (Å²) in [6.07, 6.45) is 0. The average molecular weight is 385 g/mol. The van der Waals surface area contributed by atoms with Gasteiger partial charge in [-0.05, 0) is 36.8 Å². The summed E-state index contributed by atoms with van der Waals surface area (Å²) in [5.74, 6) is 1.01. The van der Waals surface area contributed by atoms with Crippen LogP contribution in [0.4, 0.5) is 0 Å². The molecule has 0 bridgehead atoms. The zero-order chi connectivity index (χ0) is 19.0. The van der Waals surface area contributed by atoms with Gasteiger partial charge in [-0.2, -0.15) is 4.31 Å². The van der Waals surface area contributed by atoms with Crippen LogP contribution in [0.1, 0.15) is 11.4 Å². The van der Waals surface area contributed by atoms with Crippen molar-refractivity contribution < 1.29 is 8.42 Å². The molecule has 4 rings (SSSR count). The van der Waals surface area contributed by atoms with E-state index >= 15 is 0 Å². The molecule has 1 aliphatic heterocycles. The van der Waals surface area contributed by atoms with E-state index in [1.54, 1.807) is 28.6 Å². The summed E-state index contributed by atoms with van der Waals surface area (Å²) in [5.41, 5.74) is 3.34. The SMILES string of the molecule is Cc1ccc2c(c1)nc(CN1CCN(S(=O)(=O)c3ccccc3)CC1)n2C. The number of sulfonamides is 1. The smallest absolute Gasteiger partial charge is 0.243 e. The van der Waals surface area contributed by atoms with Gasteiger partial charge in [0, 0.05) is 33.2 Å². The zero-order valence-corrected chi connectivity index (χ0v) is 16.5. The van der Waals surface area contributed by atoms with Gasteiger partial charge >= 0.3 is 0 Å². The first-order valence-electron chi connectivity index (χ1n) is 9.15. The Morgan fingerprint density at radius 2 is 1.70 bits per heavy atom. The molecule has 3 aromatic rings. The van der Waals surface area contributed by atoms with Crippen molar-refractivity contribution in [1.82, 2.24) is 18.8 Å². The van der Waals surface area contributed by atoms with Crippen LogP contribution in [0, 0.1) is 6.92 Å². The van der Waals surface area contributed by atoms with Crippen molar-refractivity contribution in [3.63, 3.8) is 0 Å². The second-order valence-electron chi connectivity index (χ2n) is 7.07. The average Bonchev–Trinajstić information content (AvgIpc) is 2.97. The van der Waals surface area contributed by atoms with E-state index in [1.165, 1.54) is 5.56 Å². The third kappa shape index (κ3) is 3.50. The predicted octanol–water partition coefficient (Wildman–Crippen LogP) is 2.39. The molecule has 1 fully saturated rings. The van der Waals surface area contributed by atoms with E-state index in [-0.39, 0.29) is 0 Å². The topological polar surface area (TPSA) is 58.4 Å². The summed E-state index contributed by atoms with van der Waals surface area (Å²) in [5, 5.41) is 0. The van der Waals surface area contributed by atoms with E-state index in [9.17, 15) is 8.42 Å². The second kappa shape index (κ2) is 7.07. The standard InChI is InChI=1S/C20H24N4O2S/c1-16-8-9-19-18(14-16)21-20(22(19)2)15-23-10-12-24(13-11-23)27(25,26)17-6-4-3-5-7-17/h3-9,14H,10-13,15H2,1-2H3. The minimum atomic E-state index is -3.41. The van der Waals surface area contributed by atoms with Gasteiger partial charge in [-0.25, -0.2) is 13.4 Å². The predicted molar refractivity (Wildman–Crippen MR) is 106 cm³/mol. The number of nitrogens with zero attached hydrogens (tertiary/aromatic N) is 4. The number of hydrogen-bond donors (Lipinski definition) is 0. The Kier molecular flexibility index (Phi) is 4.75. The molecule has 1 aromatic heterocycles. The van der Waals surface area contributed by atoms with Crippen molar-refractivity contribution >= 4 is 21.1 Å². The first-order chi connectivity index (χ1) is 12.9. The third-order valence-corrected chi connectivity index (χ3v) is 7.12. The molecule has 1 saturated heterocycles. The summed E-state index contributed by atoms with van der Waals surface area (Å²) in [7, 11) is -1.37. The zero-order valence-electron chi connectivity index (χ0n) is 15.7. The Balaban J connectivity index is 1.45. The molecule has 2 heterocycles. The second-order valence-corrected chi connectivity index (χ2v) is 9.01. The largest absolute Gasteiger partial charge is 0.330 e. The van der Waals surface area contributed by atoms with Gasteiger partial charge in [0.25, 0.3) is 0 Å². The van der Waals surface area contributed by atoms with Crippen LogP contribution in [-0.2, 0) is 23.6 Å². The van der Waals surface area contributed by atoms with Crippen LogP contribution >= 0.6 is 0 Å². The number of aromatic nitrogens is 2. The molecule has 1 aliphatic rings. The molecule has 0 unspecified atom stereocenters. The minimum absolute atomic E-state index is 0.365. The van der Waals surface area contributed by atoms with Crippen molar-refractivity contribution in [2.24, 2.45) is 7.05 Å². The van der Waals surface area contributed by atoms with Crippen LogP contribution < -0.4 is 0 Å². The van der Waals surface area contributed by atoms with Crippen LogP contribution in [0.5, 0.6) is 0 Å². The quantitative estimate of drug-likeness (QED) is 0.693. The molecule has 0 aliphatic carbocycles. The lowest BCUT2D eigenvalue weighted by Gasteiger charge is -2.33. The molecular weight excluding hydrogens is 360 g/mol. The van der Waals surface area contributed by atoms with Gasteiger partial charge in [-0.1, -0.05) is 24.3 Å². The Labute approximate surface area is 160 Å². The van der Waals surface area contributed by atoms with Gasteiger partial charge in [0.15, 0.2) is 0 Å². The molecule has 0 spiro atoms. The highest BCUT2D eigenvalue weighted by Crippen LogP contribution is 2.20. The third-order valence-electron chi connectivity index (χ3n) is 5.21. The Bertz CT molecular complexity index is 1050. The lowest BCUT2D eigenvalue weighted by molar-refractivity contribution is 0.177.